The van der Waals surface area contributed by atoms with Gasteiger partial charge in [0.15, 0.2) is 0 Å². The van der Waals surface area contributed by atoms with Crippen molar-refractivity contribution in [3.05, 3.63) is 28.9 Å². The highest BCUT2D eigenvalue weighted by Gasteiger charge is 2.18. The SMILES string of the molecule is COc1cc2nc(C(C)(C)C)cc(NN)c2cc1Cl. The fourth-order valence-corrected chi connectivity index (χ4v) is 2.13. The van der Waals surface area contributed by atoms with E-state index in [0.717, 1.165) is 22.3 Å². The Labute approximate surface area is 117 Å². The third-order valence-corrected chi connectivity index (χ3v) is 3.30. The zero-order valence-corrected chi connectivity index (χ0v) is 12.3. The number of fused-ring (bicyclic) bond motifs is 1. The minimum absolute atomic E-state index is 0.0628. The van der Waals surface area contributed by atoms with Crippen molar-refractivity contribution in [2.45, 2.75) is 26.2 Å². The van der Waals surface area contributed by atoms with Crippen LogP contribution in [0, 0.1) is 0 Å². The maximum Gasteiger partial charge on any atom is 0.139 e. The predicted octanol–water partition coefficient (Wildman–Crippen LogP) is 3.48. The molecule has 0 spiro atoms. The third-order valence-electron chi connectivity index (χ3n) is 3.01. The van der Waals surface area contributed by atoms with E-state index < -0.39 is 0 Å². The number of nitrogens with zero attached hydrogens (tertiary/aromatic N) is 1. The summed E-state index contributed by atoms with van der Waals surface area (Å²) in [5, 5.41) is 1.41. The molecular formula is C14H18ClN3O. The lowest BCUT2D eigenvalue weighted by Gasteiger charge is -2.20. The Morgan fingerprint density at radius 1 is 1.26 bits per heavy atom. The third kappa shape index (κ3) is 2.60. The molecule has 5 heteroatoms. The topological polar surface area (TPSA) is 60.2 Å². The highest BCUT2D eigenvalue weighted by molar-refractivity contribution is 6.33. The Morgan fingerprint density at radius 2 is 1.95 bits per heavy atom. The van der Waals surface area contributed by atoms with Gasteiger partial charge in [0.25, 0.3) is 0 Å². The molecule has 2 aromatic rings. The average Bonchev–Trinajstić information content (AvgIpc) is 2.35. The van der Waals surface area contributed by atoms with Crippen molar-refractivity contribution in [3.8, 4) is 5.75 Å². The van der Waals surface area contributed by atoms with Crippen LogP contribution in [-0.4, -0.2) is 12.1 Å². The largest absolute Gasteiger partial charge is 0.495 e. The smallest absolute Gasteiger partial charge is 0.139 e. The second-order valence-corrected chi connectivity index (χ2v) is 5.86. The number of nitrogens with one attached hydrogen (secondary N) is 1. The highest BCUT2D eigenvalue weighted by Crippen LogP contribution is 2.34. The van der Waals surface area contributed by atoms with Crippen LogP contribution in [0.3, 0.4) is 0 Å². The molecule has 2 rings (SSSR count). The summed E-state index contributed by atoms with van der Waals surface area (Å²) in [5.74, 6) is 6.20. The van der Waals surface area contributed by atoms with E-state index in [2.05, 4.69) is 31.2 Å². The van der Waals surface area contributed by atoms with E-state index >= 15 is 0 Å². The van der Waals surface area contributed by atoms with Crippen molar-refractivity contribution in [3.63, 3.8) is 0 Å². The molecule has 0 fully saturated rings. The number of anilines is 1. The van der Waals surface area contributed by atoms with Gasteiger partial charge in [0.2, 0.25) is 0 Å². The summed E-state index contributed by atoms with van der Waals surface area (Å²) in [5.41, 5.74) is 5.21. The number of methoxy groups -OCH3 is 1. The van der Waals surface area contributed by atoms with Crippen molar-refractivity contribution >= 4 is 28.2 Å². The zero-order valence-electron chi connectivity index (χ0n) is 11.5. The first-order valence-corrected chi connectivity index (χ1v) is 6.40. The summed E-state index contributed by atoms with van der Waals surface area (Å²) >= 11 is 6.14. The van der Waals surface area contributed by atoms with Gasteiger partial charge in [-0.15, -0.1) is 0 Å². The average molecular weight is 280 g/mol. The van der Waals surface area contributed by atoms with Crippen LogP contribution in [0.1, 0.15) is 26.5 Å². The van der Waals surface area contributed by atoms with Crippen LogP contribution >= 0.6 is 11.6 Å². The molecular weight excluding hydrogens is 262 g/mol. The Bertz CT molecular complexity index is 620. The van der Waals surface area contributed by atoms with Gasteiger partial charge in [0, 0.05) is 22.6 Å². The van der Waals surface area contributed by atoms with Gasteiger partial charge in [-0.3, -0.25) is 10.8 Å². The zero-order chi connectivity index (χ0) is 14.2. The molecule has 0 atom stereocenters. The van der Waals surface area contributed by atoms with E-state index in [-0.39, 0.29) is 5.41 Å². The summed E-state index contributed by atoms with van der Waals surface area (Å²) in [6.45, 7) is 6.32. The number of hydrogen-bond donors (Lipinski definition) is 2. The molecule has 102 valence electrons. The van der Waals surface area contributed by atoms with Crippen molar-refractivity contribution < 1.29 is 4.74 Å². The van der Waals surface area contributed by atoms with Crippen LogP contribution in [0.2, 0.25) is 5.02 Å². The predicted molar refractivity (Wildman–Crippen MR) is 79.8 cm³/mol. The van der Waals surface area contributed by atoms with Crippen molar-refractivity contribution in [2.24, 2.45) is 5.84 Å². The molecule has 0 aliphatic carbocycles. The van der Waals surface area contributed by atoms with E-state index in [1.165, 1.54) is 0 Å². The number of aromatic nitrogens is 1. The van der Waals surface area contributed by atoms with Gasteiger partial charge in [0.1, 0.15) is 5.75 Å². The van der Waals surface area contributed by atoms with Gasteiger partial charge >= 0.3 is 0 Å². The number of hydrazine groups is 1. The lowest BCUT2D eigenvalue weighted by Crippen LogP contribution is -2.16. The monoisotopic (exact) mass is 279 g/mol. The second-order valence-electron chi connectivity index (χ2n) is 5.45. The van der Waals surface area contributed by atoms with E-state index in [1.54, 1.807) is 7.11 Å². The van der Waals surface area contributed by atoms with Gasteiger partial charge in [0.05, 0.1) is 23.3 Å². The van der Waals surface area contributed by atoms with E-state index in [0.29, 0.717) is 10.8 Å². The standard InChI is InChI=1S/C14H18ClN3O/c1-14(2,3)13-7-11(18-16)8-5-9(15)12(19-4)6-10(8)17-13/h5-7H,16H2,1-4H3,(H,17,18). The Morgan fingerprint density at radius 3 is 2.47 bits per heavy atom. The Kier molecular flexibility index (Phi) is 3.56. The molecule has 0 unspecified atom stereocenters. The summed E-state index contributed by atoms with van der Waals surface area (Å²) in [6, 6.07) is 5.59. The second kappa shape index (κ2) is 4.87. The van der Waals surface area contributed by atoms with Gasteiger partial charge < -0.3 is 10.2 Å². The minimum atomic E-state index is -0.0628. The molecule has 0 aliphatic heterocycles. The highest BCUT2D eigenvalue weighted by atomic mass is 35.5. The van der Waals surface area contributed by atoms with Crippen LogP contribution < -0.4 is 16.0 Å². The number of pyridine rings is 1. The maximum absolute atomic E-state index is 6.14. The molecule has 0 aliphatic rings. The Hall–Kier alpha value is -1.52. The summed E-state index contributed by atoms with van der Waals surface area (Å²) in [4.78, 5) is 4.67. The molecule has 3 N–H and O–H groups in total. The molecule has 1 aromatic carbocycles. The van der Waals surface area contributed by atoms with E-state index in [9.17, 15) is 0 Å². The lowest BCUT2D eigenvalue weighted by molar-refractivity contribution is 0.415. The molecule has 0 amide bonds. The molecule has 1 heterocycles. The normalized spacial score (nSPS) is 11.7. The molecule has 0 radical (unpaired) electrons. The van der Waals surface area contributed by atoms with E-state index in [1.807, 2.05) is 18.2 Å². The fraction of sp³-hybridized carbons (Fsp3) is 0.357. The number of rotatable bonds is 2. The number of benzene rings is 1. The quantitative estimate of drug-likeness (QED) is 0.653. The lowest BCUT2D eigenvalue weighted by atomic mass is 9.91. The number of ether oxygens (including phenoxy) is 1. The summed E-state index contributed by atoms with van der Waals surface area (Å²) < 4.78 is 5.23. The van der Waals surface area contributed by atoms with Crippen molar-refractivity contribution in [2.75, 3.05) is 12.5 Å². The van der Waals surface area contributed by atoms with Crippen LogP contribution in [0.15, 0.2) is 18.2 Å². The van der Waals surface area contributed by atoms with Crippen LogP contribution in [0.4, 0.5) is 5.69 Å². The summed E-state index contributed by atoms with van der Waals surface area (Å²) in [6.07, 6.45) is 0. The minimum Gasteiger partial charge on any atom is -0.495 e. The van der Waals surface area contributed by atoms with Crippen LogP contribution in [0.5, 0.6) is 5.75 Å². The number of halogens is 1. The van der Waals surface area contributed by atoms with E-state index in [4.69, 9.17) is 22.2 Å². The van der Waals surface area contributed by atoms with Crippen molar-refractivity contribution in [1.82, 2.24) is 4.98 Å². The number of hydrogen-bond acceptors (Lipinski definition) is 4. The first kappa shape index (κ1) is 13.9. The molecule has 0 saturated carbocycles. The molecule has 0 bridgehead atoms. The first-order valence-electron chi connectivity index (χ1n) is 6.02. The van der Waals surface area contributed by atoms with Gasteiger partial charge in [-0.25, -0.2) is 0 Å². The van der Waals surface area contributed by atoms with Gasteiger partial charge in [-0.2, -0.15) is 0 Å². The Balaban J connectivity index is 2.78. The fourth-order valence-electron chi connectivity index (χ4n) is 1.89. The summed E-state index contributed by atoms with van der Waals surface area (Å²) in [7, 11) is 1.59. The molecule has 1 aromatic heterocycles. The van der Waals surface area contributed by atoms with Crippen molar-refractivity contribution in [1.29, 1.82) is 0 Å². The first-order chi connectivity index (χ1) is 8.86. The number of nitrogen functional groups attached to an aromatic ring is 1. The van der Waals surface area contributed by atoms with Crippen LogP contribution in [0.25, 0.3) is 10.9 Å². The maximum atomic E-state index is 6.14. The molecule has 4 nitrogen and oxygen atoms in total. The molecule has 19 heavy (non-hydrogen) atoms. The van der Waals surface area contributed by atoms with Gasteiger partial charge in [-0.05, 0) is 12.1 Å². The van der Waals surface area contributed by atoms with Gasteiger partial charge in [-0.1, -0.05) is 32.4 Å². The number of nitrogens with two attached hydrogens (primary N) is 1. The van der Waals surface area contributed by atoms with Crippen LogP contribution in [-0.2, 0) is 5.41 Å². The molecule has 0 saturated heterocycles.